The van der Waals surface area contributed by atoms with E-state index in [9.17, 15) is 4.21 Å². The van der Waals surface area contributed by atoms with Crippen LogP contribution in [0, 0.1) is 0 Å². The second kappa shape index (κ2) is 7.68. The minimum Gasteiger partial charge on any atom is -0.420 e. The van der Waals surface area contributed by atoms with Gasteiger partial charge in [-0.05, 0) is 12.1 Å². The topological polar surface area (TPSA) is 57.0 Å². The second-order valence-corrected chi connectivity index (χ2v) is 4.44. The van der Waals surface area contributed by atoms with Gasteiger partial charge in [0.1, 0.15) is 10.8 Å². The van der Waals surface area contributed by atoms with Crippen molar-refractivity contribution >= 4 is 10.8 Å². The Morgan fingerprint density at radius 1 is 1.21 bits per heavy atom. The first-order valence-corrected chi connectivity index (χ1v) is 7.69. The summed E-state index contributed by atoms with van der Waals surface area (Å²) in [5.74, 6) is 1.27. The van der Waals surface area contributed by atoms with Crippen molar-refractivity contribution in [2.24, 2.45) is 0 Å². The van der Waals surface area contributed by atoms with E-state index in [-0.39, 0.29) is 0 Å². The average molecular weight is 281 g/mol. The molecule has 0 saturated carbocycles. The lowest BCUT2D eigenvalue weighted by atomic mass is 10.5. The summed E-state index contributed by atoms with van der Waals surface area (Å²) in [6.45, 7) is 8.00. The van der Waals surface area contributed by atoms with Gasteiger partial charge in [-0.15, -0.1) is 0 Å². The summed E-state index contributed by atoms with van der Waals surface area (Å²) in [4.78, 5) is 4.67. The summed E-state index contributed by atoms with van der Waals surface area (Å²) in [6.07, 6.45) is 3.22. The number of rotatable bonds is 0. The van der Waals surface area contributed by atoms with Gasteiger partial charge in [-0.1, -0.05) is 27.7 Å². The molecule has 6 heteroatoms. The highest BCUT2D eigenvalue weighted by atomic mass is 32.2. The molecule has 3 rings (SSSR count). The van der Waals surface area contributed by atoms with Gasteiger partial charge in [0.25, 0.3) is 0 Å². The lowest BCUT2D eigenvalue weighted by molar-refractivity contribution is 0.410. The van der Waals surface area contributed by atoms with Gasteiger partial charge in [-0.25, -0.2) is 9.67 Å². The lowest BCUT2D eigenvalue weighted by Gasteiger charge is -2.01. The molecule has 0 saturated heterocycles. The molecule has 1 atom stereocenters. The predicted molar refractivity (Wildman–Crippen MR) is 75.6 cm³/mol. The third-order valence-electron chi connectivity index (χ3n) is 2.10. The molecule has 19 heavy (non-hydrogen) atoms. The van der Waals surface area contributed by atoms with Gasteiger partial charge >= 0.3 is 0 Å². The van der Waals surface area contributed by atoms with Crippen molar-refractivity contribution in [2.75, 3.05) is 0 Å². The molecule has 5 nitrogen and oxygen atoms in total. The van der Waals surface area contributed by atoms with E-state index in [0.29, 0.717) is 22.5 Å². The fourth-order valence-corrected chi connectivity index (χ4v) is 2.48. The molecular weight excluding hydrogens is 262 g/mol. The first-order chi connectivity index (χ1) is 9.34. The highest BCUT2D eigenvalue weighted by molar-refractivity contribution is 7.84. The molecule has 0 radical (unpaired) electrons. The van der Waals surface area contributed by atoms with Gasteiger partial charge in [-0.2, -0.15) is 5.10 Å². The van der Waals surface area contributed by atoms with Crippen LogP contribution in [0.25, 0.3) is 0 Å². The fourth-order valence-electron chi connectivity index (χ4n) is 1.41. The van der Waals surface area contributed by atoms with Crippen molar-refractivity contribution in [3.63, 3.8) is 0 Å². The minimum absolute atomic E-state index is 0.307. The number of nitrogens with zero attached hydrogens (tertiary/aromatic N) is 3. The summed E-state index contributed by atoms with van der Waals surface area (Å²) in [6, 6.07) is 5.22. The Balaban J connectivity index is 0.000000415. The number of hydrogen-bond donors (Lipinski definition) is 0. The van der Waals surface area contributed by atoms with Crippen LogP contribution >= 0.6 is 0 Å². The SMILES string of the molecule is CC.CC.O=S1Cn2nccc2Oc2ncccc21. The van der Waals surface area contributed by atoms with Crippen molar-refractivity contribution in [1.82, 2.24) is 14.8 Å². The molecule has 2 aromatic rings. The summed E-state index contributed by atoms with van der Waals surface area (Å²) < 4.78 is 19.0. The van der Waals surface area contributed by atoms with E-state index in [0.717, 1.165) is 0 Å². The third-order valence-corrected chi connectivity index (χ3v) is 3.38. The molecule has 3 heterocycles. The number of aromatic nitrogens is 3. The Labute approximate surface area is 116 Å². The van der Waals surface area contributed by atoms with Crippen molar-refractivity contribution in [1.29, 1.82) is 0 Å². The molecule has 1 aliphatic heterocycles. The highest BCUT2D eigenvalue weighted by Crippen LogP contribution is 2.29. The Kier molecular flexibility index (Phi) is 6.21. The normalized spacial score (nSPS) is 15.3. The molecule has 0 amide bonds. The van der Waals surface area contributed by atoms with Gasteiger partial charge < -0.3 is 4.74 Å². The molecule has 2 aromatic heterocycles. The monoisotopic (exact) mass is 281 g/mol. The third kappa shape index (κ3) is 3.41. The molecule has 1 unspecified atom stereocenters. The first kappa shape index (κ1) is 15.4. The maximum absolute atomic E-state index is 11.9. The maximum atomic E-state index is 11.9. The van der Waals surface area contributed by atoms with E-state index in [1.165, 1.54) is 0 Å². The minimum atomic E-state index is -1.16. The van der Waals surface area contributed by atoms with Gasteiger partial charge in [0.05, 0.1) is 17.0 Å². The zero-order valence-electron chi connectivity index (χ0n) is 11.7. The van der Waals surface area contributed by atoms with Crippen LogP contribution in [0.4, 0.5) is 0 Å². The lowest BCUT2D eigenvalue weighted by Crippen LogP contribution is -2.03. The second-order valence-electron chi connectivity index (χ2n) is 3.05. The van der Waals surface area contributed by atoms with E-state index < -0.39 is 10.8 Å². The van der Waals surface area contributed by atoms with Crippen LogP contribution in [0.3, 0.4) is 0 Å². The molecule has 0 aliphatic carbocycles. The Hall–Kier alpha value is -1.69. The fraction of sp³-hybridized carbons (Fsp3) is 0.385. The van der Waals surface area contributed by atoms with E-state index >= 15 is 0 Å². The number of pyridine rings is 1. The van der Waals surface area contributed by atoms with Gasteiger partial charge in [-0.3, -0.25) is 4.21 Å². The number of hydrogen-bond acceptors (Lipinski definition) is 4. The zero-order valence-corrected chi connectivity index (χ0v) is 12.5. The van der Waals surface area contributed by atoms with Crippen LogP contribution in [0.1, 0.15) is 27.7 Å². The Bertz CT molecular complexity index is 540. The summed E-state index contributed by atoms with van der Waals surface area (Å²) in [5.41, 5.74) is 0. The van der Waals surface area contributed by atoms with Gasteiger partial charge in [0, 0.05) is 12.3 Å². The van der Waals surface area contributed by atoms with Crippen LogP contribution in [0.5, 0.6) is 11.8 Å². The highest BCUT2D eigenvalue weighted by Gasteiger charge is 2.20. The van der Waals surface area contributed by atoms with E-state index in [4.69, 9.17) is 4.74 Å². The number of fused-ring (bicyclic) bond motifs is 2. The van der Waals surface area contributed by atoms with Crippen molar-refractivity contribution in [2.45, 2.75) is 38.5 Å². The summed E-state index contributed by atoms with van der Waals surface area (Å²) in [7, 11) is -1.16. The standard InChI is InChI=1S/C9H7N3O2S.2C2H6/c13-15-6-12-8(3-5-11-12)14-9-7(15)2-1-4-10-9;2*1-2/h1-5H,6H2;2*1-2H3. The molecule has 0 aromatic carbocycles. The smallest absolute Gasteiger partial charge is 0.237 e. The zero-order chi connectivity index (χ0) is 14.3. The summed E-state index contributed by atoms with van der Waals surface area (Å²) >= 11 is 0. The molecule has 0 bridgehead atoms. The van der Waals surface area contributed by atoms with Gasteiger partial charge in [0.2, 0.25) is 11.8 Å². The first-order valence-electron chi connectivity index (χ1n) is 6.37. The van der Waals surface area contributed by atoms with Crippen LogP contribution in [-0.2, 0) is 16.7 Å². The average Bonchev–Trinajstić information content (AvgIpc) is 2.85. The molecule has 1 aliphatic rings. The Morgan fingerprint density at radius 3 is 2.68 bits per heavy atom. The molecule has 0 fully saturated rings. The largest absolute Gasteiger partial charge is 0.420 e. The molecule has 0 spiro atoms. The van der Waals surface area contributed by atoms with E-state index in [1.54, 1.807) is 35.3 Å². The van der Waals surface area contributed by atoms with Crippen LogP contribution in [0.15, 0.2) is 35.5 Å². The van der Waals surface area contributed by atoms with Crippen LogP contribution in [0.2, 0.25) is 0 Å². The van der Waals surface area contributed by atoms with Crippen LogP contribution in [-0.4, -0.2) is 19.0 Å². The van der Waals surface area contributed by atoms with Crippen molar-refractivity contribution < 1.29 is 8.95 Å². The quantitative estimate of drug-likeness (QED) is 0.744. The van der Waals surface area contributed by atoms with E-state index in [1.807, 2.05) is 27.7 Å². The molecule has 0 N–H and O–H groups in total. The maximum Gasteiger partial charge on any atom is 0.237 e. The van der Waals surface area contributed by atoms with Crippen molar-refractivity contribution in [3.05, 3.63) is 30.6 Å². The summed E-state index contributed by atoms with van der Waals surface area (Å²) in [5, 5.41) is 4.02. The van der Waals surface area contributed by atoms with Gasteiger partial charge in [0.15, 0.2) is 0 Å². The molecule has 104 valence electrons. The molecular formula is C13H19N3O2S. The number of ether oxygens (including phenoxy) is 1. The van der Waals surface area contributed by atoms with Crippen molar-refractivity contribution in [3.8, 4) is 11.8 Å². The van der Waals surface area contributed by atoms with Crippen LogP contribution < -0.4 is 4.74 Å². The Morgan fingerprint density at radius 2 is 1.95 bits per heavy atom. The van der Waals surface area contributed by atoms with E-state index in [2.05, 4.69) is 10.1 Å². The predicted octanol–water partition coefficient (Wildman–Crippen LogP) is 3.20.